The van der Waals surface area contributed by atoms with Crippen LogP contribution in [-0.2, 0) is 24.1 Å². The third-order valence-electron chi connectivity index (χ3n) is 5.42. The molecular formula is C20H25N3O. The molecule has 0 radical (unpaired) electrons. The van der Waals surface area contributed by atoms with E-state index in [1.807, 2.05) is 18.0 Å². The number of nitrogens with one attached hydrogen (secondary N) is 1. The molecule has 2 heterocycles. The zero-order chi connectivity index (χ0) is 16.5. The highest BCUT2D eigenvalue weighted by Gasteiger charge is 2.29. The Morgan fingerprint density at radius 3 is 2.92 bits per heavy atom. The van der Waals surface area contributed by atoms with Crippen molar-refractivity contribution in [2.24, 2.45) is 0 Å². The molecule has 4 heteroatoms. The van der Waals surface area contributed by atoms with Gasteiger partial charge in [-0.25, -0.2) is 4.98 Å². The van der Waals surface area contributed by atoms with Gasteiger partial charge in [0.25, 0.3) is 0 Å². The third kappa shape index (κ3) is 3.10. The van der Waals surface area contributed by atoms with Crippen LogP contribution >= 0.6 is 0 Å². The van der Waals surface area contributed by atoms with Crippen molar-refractivity contribution in [3.63, 3.8) is 0 Å². The Bertz CT molecular complexity index is 749. The molecule has 0 bridgehead atoms. The van der Waals surface area contributed by atoms with E-state index in [1.165, 1.54) is 36.8 Å². The molecule has 2 aliphatic rings. The van der Waals surface area contributed by atoms with Gasteiger partial charge in [-0.1, -0.05) is 18.2 Å². The van der Waals surface area contributed by atoms with E-state index in [9.17, 15) is 4.79 Å². The van der Waals surface area contributed by atoms with Crippen molar-refractivity contribution < 1.29 is 4.79 Å². The number of hydrogen-bond donors (Lipinski definition) is 1. The highest BCUT2D eigenvalue weighted by molar-refractivity contribution is 5.79. The fourth-order valence-electron chi connectivity index (χ4n) is 4.03. The first-order chi connectivity index (χ1) is 11.7. The SMILES string of the molecule is Cc1cnc(C2CCN(C(=O)Cc3ccc4c(c3)CCCC4)C2)[nH]1. The monoisotopic (exact) mass is 323 g/mol. The first-order valence-corrected chi connectivity index (χ1v) is 9.09. The zero-order valence-corrected chi connectivity index (χ0v) is 14.3. The molecule has 1 aliphatic carbocycles. The molecule has 1 N–H and O–H groups in total. The maximum absolute atomic E-state index is 12.7. The lowest BCUT2D eigenvalue weighted by atomic mass is 9.90. The number of carbonyl (C=O) groups excluding carboxylic acids is 1. The molecule has 2 aromatic rings. The first kappa shape index (κ1) is 15.4. The van der Waals surface area contributed by atoms with Crippen molar-refractivity contribution in [2.75, 3.05) is 13.1 Å². The van der Waals surface area contributed by atoms with Gasteiger partial charge in [0.1, 0.15) is 5.82 Å². The van der Waals surface area contributed by atoms with Crippen molar-refractivity contribution in [1.82, 2.24) is 14.9 Å². The number of aromatic amines is 1. The average molecular weight is 323 g/mol. The molecule has 24 heavy (non-hydrogen) atoms. The number of nitrogens with zero attached hydrogens (tertiary/aromatic N) is 2. The fraction of sp³-hybridized carbons (Fsp3) is 0.500. The van der Waals surface area contributed by atoms with E-state index in [2.05, 4.69) is 28.2 Å². The van der Waals surface area contributed by atoms with Gasteiger partial charge >= 0.3 is 0 Å². The van der Waals surface area contributed by atoms with Gasteiger partial charge in [0.2, 0.25) is 5.91 Å². The van der Waals surface area contributed by atoms with Crippen LogP contribution in [0.2, 0.25) is 0 Å². The van der Waals surface area contributed by atoms with Crippen molar-refractivity contribution in [1.29, 1.82) is 0 Å². The smallest absolute Gasteiger partial charge is 0.227 e. The second kappa shape index (κ2) is 6.42. The molecule has 1 unspecified atom stereocenters. The van der Waals surface area contributed by atoms with E-state index in [0.29, 0.717) is 12.3 Å². The number of H-pyrrole nitrogens is 1. The van der Waals surface area contributed by atoms with E-state index in [4.69, 9.17) is 0 Å². The number of aryl methyl sites for hydroxylation is 3. The number of hydrogen-bond acceptors (Lipinski definition) is 2. The number of rotatable bonds is 3. The highest BCUT2D eigenvalue weighted by Crippen LogP contribution is 2.26. The lowest BCUT2D eigenvalue weighted by Crippen LogP contribution is -2.30. The molecule has 1 aromatic heterocycles. The lowest BCUT2D eigenvalue weighted by Gasteiger charge is -2.19. The summed E-state index contributed by atoms with van der Waals surface area (Å²) >= 11 is 0. The molecule has 126 valence electrons. The van der Waals surface area contributed by atoms with Gasteiger partial charge in [0.05, 0.1) is 6.42 Å². The third-order valence-corrected chi connectivity index (χ3v) is 5.42. The maximum atomic E-state index is 12.7. The molecular weight excluding hydrogens is 298 g/mol. The predicted molar refractivity (Wildman–Crippen MR) is 94.1 cm³/mol. The number of fused-ring (bicyclic) bond motifs is 1. The second-order valence-corrected chi connectivity index (χ2v) is 7.26. The number of amides is 1. The second-order valence-electron chi connectivity index (χ2n) is 7.26. The van der Waals surface area contributed by atoms with Gasteiger partial charge < -0.3 is 9.88 Å². The Morgan fingerprint density at radius 2 is 2.12 bits per heavy atom. The maximum Gasteiger partial charge on any atom is 0.227 e. The van der Waals surface area contributed by atoms with Crippen LogP contribution in [0.4, 0.5) is 0 Å². The minimum absolute atomic E-state index is 0.247. The molecule has 1 amide bonds. The summed E-state index contributed by atoms with van der Waals surface area (Å²) in [4.78, 5) is 22.4. The predicted octanol–water partition coefficient (Wildman–Crippen LogP) is 3.16. The van der Waals surface area contributed by atoms with Crippen molar-refractivity contribution in [3.05, 3.63) is 52.6 Å². The van der Waals surface area contributed by atoms with Gasteiger partial charge in [-0.15, -0.1) is 0 Å². The van der Waals surface area contributed by atoms with E-state index >= 15 is 0 Å². The summed E-state index contributed by atoms with van der Waals surface area (Å²) in [7, 11) is 0. The van der Waals surface area contributed by atoms with Gasteiger partial charge in [-0.05, 0) is 55.7 Å². The Morgan fingerprint density at radius 1 is 1.29 bits per heavy atom. The minimum Gasteiger partial charge on any atom is -0.346 e. The number of carbonyl (C=O) groups is 1. The number of benzene rings is 1. The topological polar surface area (TPSA) is 49.0 Å². The molecule has 1 aromatic carbocycles. The van der Waals surface area contributed by atoms with E-state index in [0.717, 1.165) is 36.6 Å². The van der Waals surface area contributed by atoms with Crippen LogP contribution in [0.5, 0.6) is 0 Å². The van der Waals surface area contributed by atoms with Gasteiger partial charge in [0.15, 0.2) is 0 Å². The standard InChI is InChI=1S/C20H25N3O/c1-14-12-21-20(22-14)18-8-9-23(13-18)19(24)11-15-6-7-16-4-2-3-5-17(16)10-15/h6-7,10,12,18H,2-5,8-9,11,13H2,1H3,(H,21,22). The van der Waals surface area contributed by atoms with Crippen LogP contribution in [0.15, 0.2) is 24.4 Å². The summed E-state index contributed by atoms with van der Waals surface area (Å²) in [5.74, 6) is 1.62. The molecule has 4 nitrogen and oxygen atoms in total. The quantitative estimate of drug-likeness (QED) is 0.943. The van der Waals surface area contributed by atoms with Crippen molar-refractivity contribution in [3.8, 4) is 0 Å². The number of aromatic nitrogens is 2. The summed E-state index contributed by atoms with van der Waals surface area (Å²) in [6.45, 7) is 3.65. The van der Waals surface area contributed by atoms with Gasteiger partial charge in [0, 0.05) is 30.9 Å². The lowest BCUT2D eigenvalue weighted by molar-refractivity contribution is -0.129. The largest absolute Gasteiger partial charge is 0.346 e. The van der Waals surface area contributed by atoms with Crippen LogP contribution in [0, 0.1) is 6.92 Å². The molecule has 1 aliphatic heterocycles. The summed E-state index contributed by atoms with van der Waals surface area (Å²) in [5.41, 5.74) is 5.19. The summed E-state index contributed by atoms with van der Waals surface area (Å²) in [6.07, 6.45) is 8.33. The Kier molecular flexibility index (Phi) is 4.13. The van der Waals surface area contributed by atoms with Gasteiger partial charge in [-0.3, -0.25) is 4.79 Å². The number of likely N-dealkylation sites (tertiary alicyclic amines) is 1. The molecule has 0 spiro atoms. The molecule has 4 rings (SSSR count). The molecule has 1 fully saturated rings. The van der Waals surface area contributed by atoms with Crippen LogP contribution in [0.1, 0.15) is 53.4 Å². The summed E-state index contributed by atoms with van der Waals surface area (Å²) in [6, 6.07) is 6.64. The number of imidazole rings is 1. The fourth-order valence-corrected chi connectivity index (χ4v) is 4.03. The molecule has 1 atom stereocenters. The van der Waals surface area contributed by atoms with E-state index in [1.54, 1.807) is 0 Å². The summed E-state index contributed by atoms with van der Waals surface area (Å²) in [5, 5.41) is 0. The molecule has 0 saturated carbocycles. The van der Waals surface area contributed by atoms with Crippen molar-refractivity contribution in [2.45, 2.75) is 51.4 Å². The Balaban J connectivity index is 1.40. The van der Waals surface area contributed by atoms with E-state index < -0.39 is 0 Å². The van der Waals surface area contributed by atoms with Crippen LogP contribution in [-0.4, -0.2) is 33.9 Å². The zero-order valence-electron chi connectivity index (χ0n) is 14.3. The first-order valence-electron chi connectivity index (χ1n) is 9.09. The normalized spacial score (nSPS) is 20.2. The minimum atomic E-state index is 0.247. The average Bonchev–Trinajstić information content (AvgIpc) is 3.23. The van der Waals surface area contributed by atoms with Gasteiger partial charge in [-0.2, -0.15) is 0 Å². The Labute approximate surface area is 143 Å². The van der Waals surface area contributed by atoms with Crippen molar-refractivity contribution >= 4 is 5.91 Å². The van der Waals surface area contributed by atoms with E-state index in [-0.39, 0.29) is 5.91 Å². The Hall–Kier alpha value is -2.10. The summed E-state index contributed by atoms with van der Waals surface area (Å²) < 4.78 is 0. The molecule has 1 saturated heterocycles. The van der Waals surface area contributed by atoms with Crippen LogP contribution in [0.3, 0.4) is 0 Å². The van der Waals surface area contributed by atoms with Crippen LogP contribution in [0.25, 0.3) is 0 Å². The van der Waals surface area contributed by atoms with Crippen LogP contribution < -0.4 is 0 Å². The highest BCUT2D eigenvalue weighted by atomic mass is 16.2.